The van der Waals surface area contributed by atoms with Crippen molar-refractivity contribution >= 4 is 46.3 Å². The van der Waals surface area contributed by atoms with Crippen LogP contribution in [0.25, 0.3) is 11.3 Å². The molecule has 35 heavy (non-hydrogen) atoms. The van der Waals surface area contributed by atoms with Crippen LogP contribution in [0.15, 0.2) is 49.3 Å². The van der Waals surface area contributed by atoms with Gasteiger partial charge in [-0.1, -0.05) is 23.2 Å². The van der Waals surface area contributed by atoms with Gasteiger partial charge < -0.3 is 25.2 Å². The Balaban J connectivity index is 1.69. The molecule has 0 amide bonds. The molecule has 4 rings (SSSR count). The predicted molar refractivity (Wildman–Crippen MR) is 134 cm³/mol. The summed E-state index contributed by atoms with van der Waals surface area (Å²) in [6.45, 7) is 1.68. The van der Waals surface area contributed by atoms with Crippen LogP contribution in [0.5, 0.6) is 11.5 Å². The zero-order valence-electron chi connectivity index (χ0n) is 19.0. The topological polar surface area (TPSA) is 127 Å². The Kier molecular flexibility index (Phi) is 7.45. The van der Waals surface area contributed by atoms with E-state index in [1.54, 1.807) is 43.6 Å². The molecule has 4 aromatic rings. The number of nitrogens with zero attached hydrogens (tertiary/aromatic N) is 5. The number of nitrogens with one attached hydrogen (secondary N) is 2. The van der Waals surface area contributed by atoms with Crippen molar-refractivity contribution in [1.82, 2.24) is 24.9 Å². The minimum absolute atomic E-state index is 0.261. The van der Waals surface area contributed by atoms with Crippen LogP contribution in [0.4, 0.5) is 23.1 Å². The van der Waals surface area contributed by atoms with Crippen LogP contribution in [0, 0.1) is 0 Å². The zero-order valence-corrected chi connectivity index (χ0v) is 20.5. The number of rotatable bonds is 8. The Hall–Kier alpha value is -3.73. The summed E-state index contributed by atoms with van der Waals surface area (Å²) in [7, 11) is 2.99. The molecule has 180 valence electrons. The van der Waals surface area contributed by atoms with Crippen LogP contribution < -0.4 is 20.1 Å². The van der Waals surface area contributed by atoms with Crippen LogP contribution in [0.3, 0.4) is 0 Å². The van der Waals surface area contributed by atoms with Gasteiger partial charge in [0.05, 0.1) is 37.3 Å². The Morgan fingerprint density at radius 1 is 0.886 bits per heavy atom. The first-order valence-electron chi connectivity index (χ1n) is 10.3. The number of ether oxygens (including phenoxy) is 2. The molecule has 0 saturated carbocycles. The normalized spacial score (nSPS) is 11.6. The van der Waals surface area contributed by atoms with Gasteiger partial charge in [0, 0.05) is 24.5 Å². The second-order valence-corrected chi connectivity index (χ2v) is 8.01. The van der Waals surface area contributed by atoms with Crippen molar-refractivity contribution in [3.8, 4) is 22.8 Å². The van der Waals surface area contributed by atoms with E-state index in [2.05, 4.69) is 35.6 Å². The smallest absolute Gasteiger partial charge is 0.143 e. The second-order valence-electron chi connectivity index (χ2n) is 7.26. The number of halogens is 2. The number of aromatic nitrogens is 5. The Labute approximate surface area is 211 Å². The van der Waals surface area contributed by atoms with E-state index in [9.17, 15) is 5.11 Å². The lowest BCUT2D eigenvalue weighted by Gasteiger charge is -2.17. The van der Waals surface area contributed by atoms with E-state index in [1.807, 2.05) is 0 Å². The Bertz CT molecular complexity index is 1330. The fourth-order valence-corrected chi connectivity index (χ4v) is 3.80. The van der Waals surface area contributed by atoms with Gasteiger partial charge >= 0.3 is 0 Å². The summed E-state index contributed by atoms with van der Waals surface area (Å²) in [6, 6.07) is 6.80. The summed E-state index contributed by atoms with van der Waals surface area (Å²) < 4.78 is 10.7. The molecule has 1 atom stereocenters. The number of aliphatic hydroxyl groups excluding tert-OH is 1. The molecule has 12 heteroatoms. The summed E-state index contributed by atoms with van der Waals surface area (Å²) in [6.07, 6.45) is 5.38. The zero-order chi connectivity index (χ0) is 24.9. The van der Waals surface area contributed by atoms with Crippen molar-refractivity contribution in [3.05, 3.63) is 64.9 Å². The maximum absolute atomic E-state index is 9.83. The molecule has 3 heterocycles. The summed E-state index contributed by atoms with van der Waals surface area (Å²) in [4.78, 5) is 21.4. The number of aliphatic hydroxyl groups is 1. The minimum Gasteiger partial charge on any atom is -0.495 e. The van der Waals surface area contributed by atoms with Crippen molar-refractivity contribution in [3.63, 3.8) is 0 Å². The highest BCUT2D eigenvalue weighted by Gasteiger charge is 2.20. The van der Waals surface area contributed by atoms with Gasteiger partial charge in [-0.05, 0) is 24.6 Å². The first-order chi connectivity index (χ1) is 16.9. The number of benzene rings is 1. The lowest BCUT2D eigenvalue weighted by Crippen LogP contribution is -2.03. The Morgan fingerprint density at radius 2 is 1.60 bits per heavy atom. The fourth-order valence-electron chi connectivity index (χ4n) is 3.21. The molecule has 0 aliphatic carbocycles. The van der Waals surface area contributed by atoms with E-state index in [4.69, 9.17) is 32.7 Å². The average Bonchev–Trinajstić information content (AvgIpc) is 2.87. The van der Waals surface area contributed by atoms with Gasteiger partial charge in [-0.15, -0.1) is 0 Å². The van der Waals surface area contributed by atoms with E-state index in [0.717, 1.165) is 5.56 Å². The molecule has 0 fully saturated rings. The van der Waals surface area contributed by atoms with Crippen LogP contribution in [0.2, 0.25) is 10.0 Å². The first kappa shape index (κ1) is 24.4. The lowest BCUT2D eigenvalue weighted by atomic mass is 10.1. The Morgan fingerprint density at radius 3 is 2.29 bits per heavy atom. The third kappa shape index (κ3) is 5.35. The van der Waals surface area contributed by atoms with Gasteiger partial charge in [-0.2, -0.15) is 0 Å². The van der Waals surface area contributed by atoms with E-state index in [0.29, 0.717) is 45.9 Å². The molecule has 0 radical (unpaired) electrons. The van der Waals surface area contributed by atoms with Gasteiger partial charge in [0.2, 0.25) is 0 Å². The molecule has 0 aliphatic heterocycles. The molecule has 3 N–H and O–H groups in total. The van der Waals surface area contributed by atoms with Crippen molar-refractivity contribution in [1.29, 1.82) is 0 Å². The van der Waals surface area contributed by atoms with Gasteiger partial charge in [0.25, 0.3) is 0 Å². The number of hydrogen-bond donors (Lipinski definition) is 3. The van der Waals surface area contributed by atoms with Crippen LogP contribution in [-0.4, -0.2) is 44.2 Å². The largest absolute Gasteiger partial charge is 0.495 e. The van der Waals surface area contributed by atoms with Crippen LogP contribution in [-0.2, 0) is 0 Å². The average molecular weight is 514 g/mol. The highest BCUT2D eigenvalue weighted by atomic mass is 35.5. The molecule has 0 spiro atoms. The molecule has 0 bridgehead atoms. The summed E-state index contributed by atoms with van der Waals surface area (Å²) >= 11 is 13.0. The number of anilines is 4. The summed E-state index contributed by atoms with van der Waals surface area (Å²) in [5.41, 5.74) is 2.18. The third-order valence-corrected chi connectivity index (χ3v) is 5.75. The first-order valence-corrected chi connectivity index (χ1v) is 11.1. The highest BCUT2D eigenvalue weighted by Crippen LogP contribution is 2.45. The number of hydrogen-bond acceptors (Lipinski definition) is 10. The van der Waals surface area contributed by atoms with E-state index in [-0.39, 0.29) is 10.0 Å². The van der Waals surface area contributed by atoms with Crippen molar-refractivity contribution in [2.45, 2.75) is 13.0 Å². The second kappa shape index (κ2) is 10.7. The van der Waals surface area contributed by atoms with Crippen molar-refractivity contribution in [2.24, 2.45) is 0 Å². The predicted octanol–water partition coefficient (Wildman–Crippen LogP) is 5.19. The molecule has 0 aliphatic rings. The maximum atomic E-state index is 9.83. The van der Waals surface area contributed by atoms with Gasteiger partial charge in [0.1, 0.15) is 51.7 Å². The molecule has 10 nitrogen and oxygen atoms in total. The SMILES string of the molecule is COc1cc(OC)c(Cl)c(Nc2ncncc2-c2cc(Nc3cc(C(C)O)ccn3)ncn2)c1Cl. The molecule has 1 aromatic carbocycles. The third-order valence-electron chi connectivity index (χ3n) is 4.99. The van der Waals surface area contributed by atoms with E-state index < -0.39 is 6.10 Å². The summed E-state index contributed by atoms with van der Waals surface area (Å²) in [5, 5.41) is 16.6. The minimum atomic E-state index is -0.622. The van der Waals surface area contributed by atoms with E-state index >= 15 is 0 Å². The van der Waals surface area contributed by atoms with Gasteiger partial charge in [-0.25, -0.2) is 24.9 Å². The molecular formula is C23H21Cl2N7O3. The van der Waals surface area contributed by atoms with Crippen LogP contribution in [0.1, 0.15) is 18.6 Å². The standard InChI is InChI=1S/C23H21Cl2N7O3/c1-12(33)13-4-5-27-18(6-13)31-19-7-15(28-11-29-19)14-9-26-10-30-23(14)32-22-20(24)16(34-2)8-17(35-3)21(22)25/h4-12,33H,1-3H3,(H,26,30,32)(H,27,28,29,31). The molecule has 3 aromatic heterocycles. The van der Waals surface area contributed by atoms with Crippen molar-refractivity contribution < 1.29 is 14.6 Å². The lowest BCUT2D eigenvalue weighted by molar-refractivity contribution is 0.199. The molecule has 0 saturated heterocycles. The van der Waals surface area contributed by atoms with E-state index in [1.165, 1.54) is 26.9 Å². The summed E-state index contributed by atoms with van der Waals surface area (Å²) in [5.74, 6) is 2.17. The van der Waals surface area contributed by atoms with Gasteiger partial charge in [0.15, 0.2) is 0 Å². The fraction of sp³-hybridized carbons (Fsp3) is 0.174. The quantitative estimate of drug-likeness (QED) is 0.289. The maximum Gasteiger partial charge on any atom is 0.143 e. The molecule has 1 unspecified atom stereocenters. The van der Waals surface area contributed by atoms with Crippen LogP contribution >= 0.6 is 23.2 Å². The van der Waals surface area contributed by atoms with Gasteiger partial charge in [-0.3, -0.25) is 0 Å². The highest BCUT2D eigenvalue weighted by molar-refractivity contribution is 6.41. The monoisotopic (exact) mass is 513 g/mol. The van der Waals surface area contributed by atoms with Crippen molar-refractivity contribution in [2.75, 3.05) is 24.9 Å². The molecular weight excluding hydrogens is 493 g/mol. The number of pyridine rings is 1. The number of methoxy groups -OCH3 is 2.